The standard InChI is InChI=1S/C18H22FN5O4S/c19-13-1-3-14(4-2-13)21-17(26)18-23-22-16(29-18)12-28-11-15(25)20-5-6-24-7-9-27-10-8-24/h1-4H,5-12H2,(H,20,25)(H,21,26). The number of anilines is 1. The van der Waals surface area contributed by atoms with Crippen LogP contribution in [0.3, 0.4) is 0 Å². The van der Waals surface area contributed by atoms with Crippen LogP contribution in [0.15, 0.2) is 24.3 Å². The number of amides is 2. The van der Waals surface area contributed by atoms with Gasteiger partial charge in [0.15, 0.2) is 0 Å². The summed E-state index contributed by atoms with van der Waals surface area (Å²) >= 11 is 1.07. The first-order valence-corrected chi connectivity index (χ1v) is 9.95. The van der Waals surface area contributed by atoms with Gasteiger partial charge in [-0.25, -0.2) is 4.39 Å². The van der Waals surface area contributed by atoms with Crippen LogP contribution in [0, 0.1) is 5.82 Å². The summed E-state index contributed by atoms with van der Waals surface area (Å²) < 4.78 is 23.5. The zero-order valence-electron chi connectivity index (χ0n) is 15.7. The lowest BCUT2D eigenvalue weighted by Gasteiger charge is -2.26. The number of hydrogen-bond donors (Lipinski definition) is 2. The third kappa shape index (κ3) is 7.13. The fourth-order valence-corrected chi connectivity index (χ4v) is 3.25. The smallest absolute Gasteiger partial charge is 0.286 e. The summed E-state index contributed by atoms with van der Waals surface area (Å²) in [5.74, 6) is -1.04. The number of benzene rings is 1. The van der Waals surface area contributed by atoms with Crippen molar-refractivity contribution in [2.24, 2.45) is 0 Å². The third-order valence-corrected chi connectivity index (χ3v) is 4.97. The van der Waals surface area contributed by atoms with Gasteiger partial charge in [-0.1, -0.05) is 11.3 Å². The van der Waals surface area contributed by atoms with E-state index >= 15 is 0 Å². The summed E-state index contributed by atoms with van der Waals surface area (Å²) in [7, 11) is 0. The second-order valence-corrected chi connectivity index (χ2v) is 7.32. The van der Waals surface area contributed by atoms with Gasteiger partial charge in [0.25, 0.3) is 5.91 Å². The molecular formula is C18H22FN5O4S. The van der Waals surface area contributed by atoms with Crippen molar-refractivity contribution < 1.29 is 23.5 Å². The van der Waals surface area contributed by atoms with Crippen LogP contribution >= 0.6 is 11.3 Å². The molecule has 2 N–H and O–H groups in total. The van der Waals surface area contributed by atoms with E-state index in [1.54, 1.807) is 0 Å². The minimum absolute atomic E-state index is 0.0817. The Morgan fingerprint density at radius 3 is 2.72 bits per heavy atom. The van der Waals surface area contributed by atoms with E-state index in [4.69, 9.17) is 9.47 Å². The molecule has 11 heteroatoms. The van der Waals surface area contributed by atoms with Gasteiger partial charge in [-0.15, -0.1) is 10.2 Å². The zero-order valence-corrected chi connectivity index (χ0v) is 16.5. The average Bonchev–Trinajstić information content (AvgIpc) is 3.20. The molecule has 1 aliphatic heterocycles. The maximum Gasteiger partial charge on any atom is 0.286 e. The number of nitrogens with one attached hydrogen (secondary N) is 2. The molecule has 1 aromatic carbocycles. The van der Waals surface area contributed by atoms with Crippen molar-refractivity contribution in [1.82, 2.24) is 20.4 Å². The topological polar surface area (TPSA) is 106 Å². The van der Waals surface area contributed by atoms with E-state index in [-0.39, 0.29) is 29.9 Å². The molecule has 0 aliphatic carbocycles. The minimum Gasteiger partial charge on any atom is -0.379 e. The number of halogens is 1. The van der Waals surface area contributed by atoms with Crippen LogP contribution in [0.25, 0.3) is 0 Å². The van der Waals surface area contributed by atoms with Crippen molar-refractivity contribution in [1.29, 1.82) is 0 Å². The normalized spacial score (nSPS) is 14.5. The van der Waals surface area contributed by atoms with Crippen LogP contribution in [0.5, 0.6) is 0 Å². The number of carbonyl (C=O) groups is 2. The Morgan fingerprint density at radius 2 is 1.97 bits per heavy atom. The highest BCUT2D eigenvalue weighted by atomic mass is 32.1. The number of morpholine rings is 1. The molecule has 1 aliphatic rings. The number of nitrogens with zero attached hydrogens (tertiary/aromatic N) is 3. The van der Waals surface area contributed by atoms with Crippen LogP contribution in [0.4, 0.5) is 10.1 Å². The van der Waals surface area contributed by atoms with E-state index in [1.807, 2.05) is 0 Å². The highest BCUT2D eigenvalue weighted by molar-refractivity contribution is 7.13. The quantitative estimate of drug-likeness (QED) is 0.617. The highest BCUT2D eigenvalue weighted by Gasteiger charge is 2.14. The molecule has 29 heavy (non-hydrogen) atoms. The summed E-state index contributed by atoms with van der Waals surface area (Å²) in [6.07, 6.45) is 0. The molecule has 1 fully saturated rings. The fraction of sp³-hybridized carbons (Fsp3) is 0.444. The molecule has 1 saturated heterocycles. The Labute approximate surface area is 171 Å². The Balaban J connectivity index is 1.33. The zero-order chi connectivity index (χ0) is 20.5. The van der Waals surface area contributed by atoms with Crippen molar-refractivity contribution in [2.75, 3.05) is 51.3 Å². The number of rotatable bonds is 9. The van der Waals surface area contributed by atoms with Crippen molar-refractivity contribution in [3.05, 3.63) is 40.1 Å². The van der Waals surface area contributed by atoms with E-state index in [1.165, 1.54) is 24.3 Å². The lowest BCUT2D eigenvalue weighted by molar-refractivity contribution is -0.126. The molecule has 2 aromatic rings. The highest BCUT2D eigenvalue weighted by Crippen LogP contribution is 2.14. The molecule has 0 spiro atoms. The maximum atomic E-state index is 12.9. The molecule has 3 rings (SSSR count). The minimum atomic E-state index is -0.443. The summed E-state index contributed by atoms with van der Waals surface area (Å²) in [4.78, 5) is 26.2. The van der Waals surface area contributed by atoms with Gasteiger partial charge in [0, 0.05) is 31.9 Å². The number of aromatic nitrogens is 2. The number of hydrogen-bond acceptors (Lipinski definition) is 8. The lowest BCUT2D eigenvalue weighted by Crippen LogP contribution is -2.41. The molecule has 2 heterocycles. The predicted molar refractivity (Wildman–Crippen MR) is 104 cm³/mol. The molecular weight excluding hydrogens is 401 g/mol. The Kier molecular flexibility index (Phi) is 7.99. The van der Waals surface area contributed by atoms with Crippen LogP contribution in [-0.2, 0) is 20.9 Å². The van der Waals surface area contributed by atoms with E-state index in [0.29, 0.717) is 17.2 Å². The van der Waals surface area contributed by atoms with Gasteiger partial charge in [0.2, 0.25) is 10.9 Å². The molecule has 0 atom stereocenters. The van der Waals surface area contributed by atoms with E-state index in [2.05, 4.69) is 25.7 Å². The van der Waals surface area contributed by atoms with Crippen LogP contribution < -0.4 is 10.6 Å². The van der Waals surface area contributed by atoms with Gasteiger partial charge in [-0.3, -0.25) is 14.5 Å². The van der Waals surface area contributed by atoms with Crippen molar-refractivity contribution in [3.63, 3.8) is 0 Å². The van der Waals surface area contributed by atoms with E-state index < -0.39 is 5.91 Å². The Hall–Kier alpha value is -2.47. The van der Waals surface area contributed by atoms with Gasteiger partial charge in [0.1, 0.15) is 24.0 Å². The number of carbonyl (C=O) groups excluding carboxylic acids is 2. The maximum absolute atomic E-state index is 12.9. The summed E-state index contributed by atoms with van der Waals surface area (Å²) in [6.45, 7) is 4.51. The monoisotopic (exact) mass is 423 g/mol. The van der Waals surface area contributed by atoms with Gasteiger partial charge in [-0.05, 0) is 24.3 Å². The van der Waals surface area contributed by atoms with Crippen LogP contribution in [0.1, 0.15) is 14.8 Å². The van der Waals surface area contributed by atoms with Crippen LogP contribution in [-0.4, -0.2) is 72.9 Å². The largest absolute Gasteiger partial charge is 0.379 e. The first-order chi connectivity index (χ1) is 14.1. The average molecular weight is 423 g/mol. The second-order valence-electron chi connectivity index (χ2n) is 6.26. The molecule has 1 aromatic heterocycles. The predicted octanol–water partition coefficient (Wildman–Crippen LogP) is 0.894. The van der Waals surface area contributed by atoms with Gasteiger partial charge < -0.3 is 20.1 Å². The lowest BCUT2D eigenvalue weighted by atomic mass is 10.3. The van der Waals surface area contributed by atoms with Crippen molar-refractivity contribution in [3.8, 4) is 0 Å². The van der Waals surface area contributed by atoms with Crippen LogP contribution in [0.2, 0.25) is 0 Å². The summed E-state index contributed by atoms with van der Waals surface area (Å²) in [5.41, 5.74) is 0.457. The number of ether oxygens (including phenoxy) is 2. The Bertz CT molecular complexity index is 811. The molecule has 0 saturated carbocycles. The summed E-state index contributed by atoms with van der Waals surface area (Å²) in [6, 6.07) is 5.41. The first kappa shape index (κ1) is 21.2. The van der Waals surface area contributed by atoms with E-state index in [0.717, 1.165) is 44.2 Å². The van der Waals surface area contributed by atoms with Gasteiger partial charge in [-0.2, -0.15) is 0 Å². The SMILES string of the molecule is O=C(COCc1nnc(C(=O)Nc2ccc(F)cc2)s1)NCCN1CCOCC1. The molecule has 156 valence electrons. The molecule has 2 amide bonds. The molecule has 9 nitrogen and oxygen atoms in total. The fourth-order valence-electron chi connectivity index (χ4n) is 2.58. The van der Waals surface area contributed by atoms with E-state index in [9.17, 15) is 14.0 Å². The molecule has 0 bridgehead atoms. The molecule has 0 unspecified atom stereocenters. The molecule has 0 radical (unpaired) electrons. The third-order valence-electron chi connectivity index (χ3n) is 4.08. The summed E-state index contributed by atoms with van der Waals surface area (Å²) in [5, 5.41) is 13.7. The van der Waals surface area contributed by atoms with Gasteiger partial charge in [0.05, 0.1) is 13.2 Å². The second kappa shape index (κ2) is 10.9. The van der Waals surface area contributed by atoms with Gasteiger partial charge >= 0.3 is 0 Å². The van der Waals surface area contributed by atoms with Crippen molar-refractivity contribution >= 4 is 28.8 Å². The Morgan fingerprint density at radius 1 is 1.21 bits per heavy atom. The van der Waals surface area contributed by atoms with Crippen molar-refractivity contribution in [2.45, 2.75) is 6.61 Å². The first-order valence-electron chi connectivity index (χ1n) is 9.14.